The molecule has 3 aromatic carbocycles. The van der Waals surface area contributed by atoms with Crippen molar-refractivity contribution < 1.29 is 33.0 Å². The number of likely N-dealkylation sites (tertiary alicyclic amines) is 1. The first-order valence-corrected chi connectivity index (χ1v) is 23.5. The minimum atomic E-state index is -1.77. The number of benzene rings is 3. The molecular formula is C43H53FN8O6Si. The third-order valence-corrected chi connectivity index (χ3v) is 14.3. The van der Waals surface area contributed by atoms with E-state index < -0.39 is 44.6 Å². The molecule has 0 saturated carbocycles. The van der Waals surface area contributed by atoms with E-state index >= 15 is 0 Å². The van der Waals surface area contributed by atoms with Gasteiger partial charge in [-0.1, -0.05) is 83.3 Å². The number of halogens is 1. The Morgan fingerprint density at radius 3 is 2.03 bits per heavy atom. The number of rotatable bonds is 10. The Balaban J connectivity index is 1.10. The van der Waals surface area contributed by atoms with E-state index in [2.05, 4.69) is 51.9 Å². The number of alkyl carbamates (subject to hydrolysis) is 2. The first-order valence-electron chi connectivity index (χ1n) is 20.1. The van der Waals surface area contributed by atoms with Gasteiger partial charge in [-0.25, -0.2) is 23.9 Å². The van der Waals surface area contributed by atoms with Crippen molar-refractivity contribution >= 4 is 53.9 Å². The highest BCUT2D eigenvalue weighted by atomic mass is 28.3. The number of alkyl halides is 1. The molecule has 2 aromatic heterocycles. The van der Waals surface area contributed by atoms with E-state index in [1.165, 1.54) is 19.1 Å². The summed E-state index contributed by atoms with van der Waals surface area (Å²) in [5.41, 5.74) is 5.34. The third kappa shape index (κ3) is 8.40. The predicted octanol–water partition coefficient (Wildman–Crippen LogP) is 7.28. The number of hydrogen-bond acceptors (Lipinski definition) is 8. The Hall–Kier alpha value is -5.77. The van der Waals surface area contributed by atoms with Crippen LogP contribution in [0.25, 0.3) is 44.2 Å². The Morgan fingerprint density at radius 1 is 0.797 bits per heavy atom. The summed E-state index contributed by atoms with van der Waals surface area (Å²) in [6, 6.07) is 16.8. The van der Waals surface area contributed by atoms with Crippen LogP contribution in [-0.2, 0) is 19.1 Å². The highest BCUT2D eigenvalue weighted by molar-refractivity contribution is 6.78. The predicted molar refractivity (Wildman–Crippen MR) is 226 cm³/mol. The van der Waals surface area contributed by atoms with Gasteiger partial charge in [-0.05, 0) is 52.1 Å². The molecule has 0 aliphatic carbocycles. The largest absolute Gasteiger partial charge is 0.453 e. The molecule has 4 heterocycles. The molecule has 0 bridgehead atoms. The number of hydrogen-bond donors (Lipinski definition) is 4. The number of nitrogens with one attached hydrogen (secondary N) is 4. The van der Waals surface area contributed by atoms with Gasteiger partial charge < -0.3 is 39.9 Å². The SMILES string of the molecule is COC(=O)N[C@H](C(=O)N1C[Si](C)(C)C[C@H]1c1ncc(-c2ccc(-c3ccc4c(ccc5[nH]c([C@@H]6C[C@@H](F)CN6C(=O)[C@@H](NC(=O)OC)C(C)C)nc54)c3)cc2)[nH]1)C(C)C. The zero-order valence-electron chi connectivity index (χ0n) is 34.8. The van der Waals surface area contributed by atoms with Crippen LogP contribution >= 0.6 is 0 Å². The minimum absolute atomic E-state index is 0.0899. The quantitative estimate of drug-likeness (QED) is 0.106. The molecular weight excluding hydrogens is 772 g/mol. The first-order chi connectivity index (χ1) is 28.1. The second kappa shape index (κ2) is 16.5. The van der Waals surface area contributed by atoms with Crippen LogP contribution in [0.4, 0.5) is 14.0 Å². The smallest absolute Gasteiger partial charge is 0.407 e. The lowest BCUT2D eigenvalue weighted by Crippen LogP contribution is -2.52. The van der Waals surface area contributed by atoms with Gasteiger partial charge in [0.1, 0.15) is 29.9 Å². The van der Waals surface area contributed by atoms with Crippen LogP contribution in [-0.4, -0.2) is 107 Å². The van der Waals surface area contributed by atoms with E-state index in [0.29, 0.717) is 12.0 Å². The summed E-state index contributed by atoms with van der Waals surface area (Å²) in [6.07, 6.45) is -0.00512. The molecule has 5 atom stereocenters. The van der Waals surface area contributed by atoms with Crippen LogP contribution < -0.4 is 10.6 Å². The van der Waals surface area contributed by atoms with Crippen LogP contribution in [0.3, 0.4) is 0 Å². The molecule has 59 heavy (non-hydrogen) atoms. The number of nitrogens with zero attached hydrogens (tertiary/aromatic N) is 4. The van der Waals surface area contributed by atoms with Crippen molar-refractivity contribution in [1.29, 1.82) is 0 Å². The monoisotopic (exact) mass is 824 g/mol. The van der Waals surface area contributed by atoms with Crippen LogP contribution in [0.1, 0.15) is 57.8 Å². The van der Waals surface area contributed by atoms with Crippen molar-refractivity contribution in [2.24, 2.45) is 11.8 Å². The molecule has 5 aromatic rings. The Bertz CT molecular complexity index is 2380. The zero-order chi connectivity index (χ0) is 42.3. The summed E-state index contributed by atoms with van der Waals surface area (Å²) in [6.45, 7) is 11.9. The fraction of sp³-hybridized carbons (Fsp3) is 0.442. The molecule has 7 rings (SSSR count). The molecule has 0 unspecified atom stereocenters. The molecule has 312 valence electrons. The number of aromatic nitrogens is 4. The van der Waals surface area contributed by atoms with Gasteiger partial charge in [-0.2, -0.15) is 0 Å². The normalized spacial score (nSPS) is 20.0. The van der Waals surface area contributed by atoms with E-state index in [9.17, 15) is 23.6 Å². The van der Waals surface area contributed by atoms with Crippen LogP contribution in [0.15, 0.2) is 60.8 Å². The second-order valence-corrected chi connectivity index (χ2v) is 22.2. The van der Waals surface area contributed by atoms with Crippen LogP contribution in [0.2, 0.25) is 19.1 Å². The van der Waals surface area contributed by atoms with Gasteiger partial charge in [0.25, 0.3) is 0 Å². The maximum absolute atomic E-state index is 14.9. The van der Waals surface area contributed by atoms with E-state index in [0.717, 1.165) is 56.1 Å². The number of methoxy groups -OCH3 is 2. The average Bonchev–Trinajstić information content (AvgIpc) is 4.02. The maximum atomic E-state index is 14.9. The van der Waals surface area contributed by atoms with Crippen molar-refractivity contribution in [1.82, 2.24) is 40.4 Å². The number of aromatic amines is 2. The first kappa shape index (κ1) is 41.4. The fourth-order valence-electron chi connectivity index (χ4n) is 8.44. The molecule has 2 saturated heterocycles. The molecule has 2 aliphatic rings. The molecule has 14 nitrogen and oxygen atoms in total. The molecule has 2 fully saturated rings. The van der Waals surface area contributed by atoms with E-state index in [1.54, 1.807) is 0 Å². The summed E-state index contributed by atoms with van der Waals surface area (Å²) in [4.78, 5) is 71.5. The van der Waals surface area contributed by atoms with Crippen molar-refractivity contribution in [3.05, 3.63) is 72.4 Å². The van der Waals surface area contributed by atoms with Crippen LogP contribution in [0, 0.1) is 11.8 Å². The molecule has 4 amide bonds. The Labute approximate surface area is 343 Å². The van der Waals surface area contributed by atoms with Crippen molar-refractivity contribution in [3.63, 3.8) is 0 Å². The van der Waals surface area contributed by atoms with Crippen molar-refractivity contribution in [2.45, 2.75) is 83.6 Å². The number of amides is 4. The topological polar surface area (TPSA) is 175 Å². The second-order valence-electron chi connectivity index (χ2n) is 17.2. The van der Waals surface area contributed by atoms with Crippen molar-refractivity contribution in [3.8, 4) is 22.4 Å². The molecule has 0 spiro atoms. The lowest BCUT2D eigenvalue weighted by molar-refractivity contribution is -0.136. The van der Waals surface area contributed by atoms with Gasteiger partial charge >= 0.3 is 12.2 Å². The summed E-state index contributed by atoms with van der Waals surface area (Å²) in [5, 5.41) is 7.23. The van der Waals surface area contributed by atoms with Gasteiger partial charge in [0.15, 0.2) is 0 Å². The number of carbonyl (C=O) groups is 4. The molecule has 2 aliphatic heterocycles. The summed E-state index contributed by atoms with van der Waals surface area (Å²) < 4.78 is 24.5. The average molecular weight is 825 g/mol. The summed E-state index contributed by atoms with van der Waals surface area (Å²) >= 11 is 0. The molecule has 0 radical (unpaired) electrons. The van der Waals surface area contributed by atoms with Gasteiger partial charge in [0.2, 0.25) is 11.8 Å². The highest BCUT2D eigenvalue weighted by Gasteiger charge is 2.46. The number of fused-ring (bicyclic) bond motifs is 3. The van der Waals surface area contributed by atoms with Crippen LogP contribution in [0.5, 0.6) is 0 Å². The molecule has 16 heteroatoms. The van der Waals surface area contributed by atoms with E-state index in [1.807, 2.05) is 75.2 Å². The zero-order valence-corrected chi connectivity index (χ0v) is 35.8. The van der Waals surface area contributed by atoms with Crippen molar-refractivity contribution in [2.75, 3.05) is 26.9 Å². The third-order valence-electron chi connectivity index (χ3n) is 11.6. The Morgan fingerprint density at radius 2 is 1.41 bits per heavy atom. The standard InChI is InChI=1S/C43H53FN8O6Si/c1-23(2)35(49-42(55)57-5)40(53)51-20-29(44)18-33(51)39-46-31-16-14-28-17-27(13-15-30(28)37(31)48-39)25-9-11-26(12-10-25)32-19-45-38(47-32)34-21-59(7,8)22-52(34)41(54)36(24(3)4)50-43(56)58-6/h9-17,19,23-24,29,33-36H,18,20-22H2,1-8H3,(H,45,47)(H,46,48)(H,49,55)(H,50,56)/t29-,33+,34+,35+,36+/m1/s1. The van der Waals surface area contributed by atoms with Gasteiger partial charge in [0.05, 0.1) is 63.8 Å². The lowest BCUT2D eigenvalue weighted by atomic mass is 9.99. The van der Waals surface area contributed by atoms with Gasteiger partial charge in [-0.15, -0.1) is 0 Å². The van der Waals surface area contributed by atoms with Gasteiger partial charge in [0, 0.05) is 18.0 Å². The number of H-pyrrole nitrogens is 2. The summed E-state index contributed by atoms with van der Waals surface area (Å²) in [5.74, 6) is 0.345. The maximum Gasteiger partial charge on any atom is 0.407 e. The summed E-state index contributed by atoms with van der Waals surface area (Å²) in [7, 11) is 0.762. The lowest BCUT2D eigenvalue weighted by Gasteiger charge is -2.30. The van der Waals surface area contributed by atoms with E-state index in [4.69, 9.17) is 19.4 Å². The van der Waals surface area contributed by atoms with Gasteiger partial charge in [-0.3, -0.25) is 9.59 Å². The number of imidazole rings is 2. The fourth-order valence-corrected chi connectivity index (χ4v) is 11.3. The highest BCUT2D eigenvalue weighted by Crippen LogP contribution is 2.39. The number of carbonyl (C=O) groups excluding carboxylic acids is 4. The minimum Gasteiger partial charge on any atom is -0.453 e. The molecule has 4 N–H and O–H groups in total. The number of ether oxygens (including phenoxy) is 2. The Kier molecular flexibility index (Phi) is 11.6. The van der Waals surface area contributed by atoms with E-state index in [-0.39, 0.29) is 42.7 Å².